The topological polar surface area (TPSA) is 101 Å². The normalized spacial score (nSPS) is 12.0. The predicted octanol–water partition coefficient (Wildman–Crippen LogP) is 1.24. The Hall–Kier alpha value is -1.89. The zero-order valence-electron chi connectivity index (χ0n) is 12.4. The van der Waals surface area contributed by atoms with Gasteiger partial charge in [-0.1, -0.05) is 6.07 Å². The molecular formula is C14H19NO5S. The largest absolute Gasteiger partial charge is 0.481 e. The zero-order valence-corrected chi connectivity index (χ0v) is 13.2. The molecule has 0 atom stereocenters. The molecule has 0 aliphatic carbocycles. The fourth-order valence-electron chi connectivity index (χ4n) is 1.55. The first-order chi connectivity index (χ1) is 9.45. The molecule has 1 amide bonds. The lowest BCUT2D eigenvalue weighted by Crippen LogP contribution is -2.39. The van der Waals surface area contributed by atoms with E-state index in [-0.39, 0.29) is 17.0 Å². The van der Waals surface area contributed by atoms with Crippen LogP contribution >= 0.6 is 0 Å². The Morgan fingerprint density at radius 3 is 2.33 bits per heavy atom. The molecule has 0 fully saturated rings. The third kappa shape index (κ3) is 4.29. The van der Waals surface area contributed by atoms with Gasteiger partial charge in [0.1, 0.15) is 0 Å². The van der Waals surface area contributed by atoms with Crippen LogP contribution < -0.4 is 5.32 Å². The molecule has 1 aromatic carbocycles. The smallest absolute Gasteiger partial charge is 0.310 e. The average molecular weight is 313 g/mol. The van der Waals surface area contributed by atoms with Crippen LogP contribution in [-0.2, 0) is 14.6 Å². The lowest BCUT2D eigenvalue weighted by atomic mass is 9.93. The van der Waals surface area contributed by atoms with Gasteiger partial charge in [-0.25, -0.2) is 8.42 Å². The molecule has 6 nitrogen and oxygen atoms in total. The Kier molecular flexibility index (Phi) is 4.78. The highest BCUT2D eigenvalue weighted by molar-refractivity contribution is 7.90. The summed E-state index contributed by atoms with van der Waals surface area (Å²) in [5, 5.41) is 11.5. The number of carbonyl (C=O) groups is 2. The van der Waals surface area contributed by atoms with E-state index >= 15 is 0 Å². The van der Waals surface area contributed by atoms with Crippen LogP contribution in [0.4, 0.5) is 0 Å². The van der Waals surface area contributed by atoms with Gasteiger partial charge in [0.15, 0.2) is 9.84 Å². The van der Waals surface area contributed by atoms with Gasteiger partial charge in [-0.15, -0.1) is 0 Å². The predicted molar refractivity (Wildman–Crippen MR) is 78.0 cm³/mol. The van der Waals surface area contributed by atoms with Crippen LogP contribution in [0.1, 0.15) is 29.8 Å². The van der Waals surface area contributed by atoms with Crippen molar-refractivity contribution in [2.75, 3.05) is 12.8 Å². The van der Waals surface area contributed by atoms with Crippen molar-refractivity contribution in [2.45, 2.75) is 25.7 Å². The standard InChI is InChI=1S/C14H19NO5S/c1-9-5-6-10(21(4,19)20)7-11(9)12(16)15-8-14(2,3)13(17)18/h5-7H,8H2,1-4H3,(H,15,16)(H,17,18). The van der Waals surface area contributed by atoms with E-state index in [4.69, 9.17) is 5.11 Å². The highest BCUT2D eigenvalue weighted by Gasteiger charge is 2.28. The van der Waals surface area contributed by atoms with Crippen molar-refractivity contribution < 1.29 is 23.1 Å². The number of rotatable bonds is 5. The van der Waals surface area contributed by atoms with Gasteiger partial charge >= 0.3 is 5.97 Å². The number of sulfone groups is 1. The molecule has 0 spiro atoms. The molecule has 0 bridgehead atoms. The lowest BCUT2D eigenvalue weighted by molar-refractivity contribution is -0.146. The molecule has 0 saturated heterocycles. The second-order valence-electron chi connectivity index (χ2n) is 5.62. The van der Waals surface area contributed by atoms with Gasteiger partial charge in [-0.2, -0.15) is 0 Å². The average Bonchev–Trinajstić information content (AvgIpc) is 2.35. The van der Waals surface area contributed by atoms with Crippen LogP contribution in [-0.4, -0.2) is 38.2 Å². The first-order valence-electron chi connectivity index (χ1n) is 6.27. The number of aliphatic carboxylic acids is 1. The van der Waals surface area contributed by atoms with Crippen molar-refractivity contribution >= 4 is 21.7 Å². The van der Waals surface area contributed by atoms with Crippen molar-refractivity contribution in [3.05, 3.63) is 29.3 Å². The van der Waals surface area contributed by atoms with Crippen LogP contribution in [0.5, 0.6) is 0 Å². The van der Waals surface area contributed by atoms with Crippen LogP contribution in [0.25, 0.3) is 0 Å². The van der Waals surface area contributed by atoms with Crippen LogP contribution in [0.2, 0.25) is 0 Å². The minimum absolute atomic E-state index is 0.0516. The van der Waals surface area contributed by atoms with Crippen LogP contribution in [0.3, 0.4) is 0 Å². The first-order valence-corrected chi connectivity index (χ1v) is 8.16. The molecule has 116 valence electrons. The van der Waals surface area contributed by atoms with Crippen molar-refractivity contribution in [2.24, 2.45) is 5.41 Å². The third-order valence-electron chi connectivity index (χ3n) is 3.15. The summed E-state index contributed by atoms with van der Waals surface area (Å²) in [5.41, 5.74) is -0.259. The number of benzene rings is 1. The molecule has 0 aromatic heterocycles. The van der Waals surface area contributed by atoms with E-state index in [1.54, 1.807) is 13.0 Å². The molecular weight excluding hydrogens is 294 g/mol. The Morgan fingerprint density at radius 1 is 1.29 bits per heavy atom. The number of carboxylic acids is 1. The van der Waals surface area contributed by atoms with E-state index in [1.807, 2.05) is 0 Å². The van der Waals surface area contributed by atoms with E-state index in [0.717, 1.165) is 6.26 Å². The molecule has 0 heterocycles. The van der Waals surface area contributed by atoms with Gasteiger partial charge in [0, 0.05) is 18.4 Å². The second-order valence-corrected chi connectivity index (χ2v) is 7.64. The first kappa shape index (κ1) is 17.2. The Balaban J connectivity index is 3.01. The number of hydrogen-bond donors (Lipinski definition) is 2. The molecule has 0 saturated carbocycles. The van der Waals surface area contributed by atoms with Gasteiger partial charge in [0.05, 0.1) is 10.3 Å². The maximum atomic E-state index is 12.1. The van der Waals surface area contributed by atoms with E-state index in [1.165, 1.54) is 26.0 Å². The number of carboxylic acid groups (broad SMARTS) is 1. The van der Waals surface area contributed by atoms with Crippen molar-refractivity contribution in [3.8, 4) is 0 Å². The van der Waals surface area contributed by atoms with E-state index in [9.17, 15) is 18.0 Å². The summed E-state index contributed by atoms with van der Waals surface area (Å²) in [6.45, 7) is 4.62. The van der Waals surface area contributed by atoms with E-state index in [0.29, 0.717) is 5.56 Å². The van der Waals surface area contributed by atoms with Gasteiger partial charge < -0.3 is 10.4 Å². The maximum absolute atomic E-state index is 12.1. The van der Waals surface area contributed by atoms with Gasteiger partial charge in [-0.3, -0.25) is 9.59 Å². The van der Waals surface area contributed by atoms with E-state index in [2.05, 4.69) is 5.32 Å². The number of nitrogens with one attached hydrogen (secondary N) is 1. The summed E-state index contributed by atoms with van der Waals surface area (Å²) in [4.78, 5) is 23.2. The van der Waals surface area contributed by atoms with Gasteiger partial charge in [0.2, 0.25) is 0 Å². The molecule has 0 unspecified atom stereocenters. The number of hydrogen-bond acceptors (Lipinski definition) is 4. The fraction of sp³-hybridized carbons (Fsp3) is 0.429. The molecule has 1 aromatic rings. The number of amides is 1. The van der Waals surface area contributed by atoms with Crippen molar-refractivity contribution in [1.82, 2.24) is 5.32 Å². The SMILES string of the molecule is Cc1ccc(S(C)(=O)=O)cc1C(=O)NCC(C)(C)C(=O)O. The quantitative estimate of drug-likeness (QED) is 0.851. The highest BCUT2D eigenvalue weighted by atomic mass is 32.2. The lowest BCUT2D eigenvalue weighted by Gasteiger charge is -2.20. The Bertz CT molecular complexity index is 677. The minimum atomic E-state index is -3.41. The molecule has 7 heteroatoms. The van der Waals surface area contributed by atoms with Crippen molar-refractivity contribution in [1.29, 1.82) is 0 Å². The van der Waals surface area contributed by atoms with E-state index < -0.39 is 27.1 Å². The summed E-state index contributed by atoms with van der Waals surface area (Å²) in [6.07, 6.45) is 1.06. The zero-order chi connectivity index (χ0) is 16.4. The number of carbonyl (C=O) groups excluding carboxylic acids is 1. The summed E-state index contributed by atoms with van der Waals surface area (Å²) in [7, 11) is -3.41. The monoisotopic (exact) mass is 313 g/mol. The molecule has 0 aliphatic rings. The Labute approximate surface area is 124 Å². The molecule has 0 aliphatic heterocycles. The van der Waals surface area contributed by atoms with Gasteiger partial charge in [-0.05, 0) is 38.5 Å². The van der Waals surface area contributed by atoms with Crippen LogP contribution in [0, 0.1) is 12.3 Å². The summed E-state index contributed by atoms with van der Waals surface area (Å²) >= 11 is 0. The maximum Gasteiger partial charge on any atom is 0.310 e. The molecule has 0 radical (unpaired) electrons. The molecule has 1 rings (SSSR count). The molecule has 2 N–H and O–H groups in total. The fourth-order valence-corrected chi connectivity index (χ4v) is 2.20. The third-order valence-corrected chi connectivity index (χ3v) is 4.26. The summed E-state index contributed by atoms with van der Waals surface area (Å²) in [5.74, 6) is -1.52. The van der Waals surface area contributed by atoms with Gasteiger partial charge in [0.25, 0.3) is 5.91 Å². The van der Waals surface area contributed by atoms with Crippen molar-refractivity contribution in [3.63, 3.8) is 0 Å². The molecule has 21 heavy (non-hydrogen) atoms. The minimum Gasteiger partial charge on any atom is -0.481 e. The Morgan fingerprint density at radius 2 is 1.86 bits per heavy atom. The summed E-state index contributed by atoms with van der Waals surface area (Å²) in [6, 6.07) is 4.28. The second kappa shape index (κ2) is 5.85. The number of aryl methyl sites for hydroxylation is 1. The van der Waals surface area contributed by atoms with Crippen LogP contribution in [0.15, 0.2) is 23.1 Å². The highest BCUT2D eigenvalue weighted by Crippen LogP contribution is 2.17. The summed E-state index contributed by atoms with van der Waals surface area (Å²) < 4.78 is 23.0.